The van der Waals surface area contributed by atoms with Gasteiger partial charge in [-0.15, -0.1) is 0 Å². The maximum atomic E-state index is 11.6. The molecule has 1 aromatic rings. The Morgan fingerprint density at radius 1 is 1.30 bits per heavy atom. The lowest BCUT2D eigenvalue weighted by molar-refractivity contribution is -0.130. The van der Waals surface area contributed by atoms with Gasteiger partial charge in [-0.05, 0) is 25.5 Å². The number of nitrogens with zero attached hydrogens (tertiary/aromatic N) is 1. The Hall–Kier alpha value is -1.55. The zero-order chi connectivity index (χ0) is 15.1. The highest BCUT2D eigenvalue weighted by molar-refractivity contribution is 6.31. The highest BCUT2D eigenvalue weighted by atomic mass is 35.5. The minimum atomic E-state index is -0.0673. The average molecular weight is 297 g/mol. The number of amides is 2. The predicted molar refractivity (Wildman–Crippen MR) is 80.4 cm³/mol. The van der Waals surface area contributed by atoms with E-state index in [9.17, 15) is 9.59 Å². The Kier molecular flexibility index (Phi) is 6.52. The number of carbonyl (C=O) groups excluding carboxylic acids is 2. The van der Waals surface area contributed by atoms with Crippen LogP contribution >= 0.6 is 11.6 Å². The van der Waals surface area contributed by atoms with Gasteiger partial charge in [0, 0.05) is 37.5 Å². The summed E-state index contributed by atoms with van der Waals surface area (Å²) in [4.78, 5) is 24.9. The van der Waals surface area contributed by atoms with Gasteiger partial charge >= 0.3 is 0 Å². The van der Waals surface area contributed by atoms with Gasteiger partial charge in [0.05, 0.1) is 0 Å². The molecule has 0 fully saturated rings. The minimum absolute atomic E-state index is 0.0505. The molecule has 1 N–H and O–H groups in total. The Morgan fingerprint density at radius 2 is 1.95 bits per heavy atom. The summed E-state index contributed by atoms with van der Waals surface area (Å²) in [7, 11) is 0. The van der Waals surface area contributed by atoms with E-state index >= 15 is 0 Å². The first-order valence-electron chi connectivity index (χ1n) is 6.68. The van der Waals surface area contributed by atoms with Gasteiger partial charge in [0.2, 0.25) is 11.8 Å². The van der Waals surface area contributed by atoms with E-state index in [4.69, 9.17) is 11.6 Å². The molecule has 0 aromatic heterocycles. The van der Waals surface area contributed by atoms with Crippen molar-refractivity contribution in [3.63, 3.8) is 0 Å². The predicted octanol–water partition coefficient (Wildman–Crippen LogP) is 2.60. The number of nitrogens with one attached hydrogen (secondary N) is 1. The first-order chi connectivity index (χ1) is 9.40. The standard InChI is InChI=1S/C15H21ClN2O2/c1-11(2)17-15(20)8-9-18(12(3)19)10-13-6-4-5-7-14(13)16/h4-7,11H,8-10H2,1-3H3,(H,17,20). The van der Waals surface area contributed by atoms with Crippen molar-refractivity contribution < 1.29 is 9.59 Å². The molecule has 0 saturated heterocycles. The fraction of sp³-hybridized carbons (Fsp3) is 0.467. The number of rotatable bonds is 6. The lowest BCUT2D eigenvalue weighted by Crippen LogP contribution is -2.35. The molecule has 20 heavy (non-hydrogen) atoms. The van der Waals surface area contributed by atoms with Crippen molar-refractivity contribution in [2.75, 3.05) is 6.54 Å². The van der Waals surface area contributed by atoms with E-state index in [1.54, 1.807) is 11.0 Å². The summed E-state index contributed by atoms with van der Waals surface area (Å²) in [6, 6.07) is 7.51. The van der Waals surface area contributed by atoms with Crippen LogP contribution in [0.25, 0.3) is 0 Å². The molecule has 0 unspecified atom stereocenters. The van der Waals surface area contributed by atoms with E-state index in [-0.39, 0.29) is 17.9 Å². The molecule has 5 heteroatoms. The molecule has 0 aliphatic rings. The topological polar surface area (TPSA) is 49.4 Å². The molecule has 1 aromatic carbocycles. The third-order valence-electron chi connectivity index (χ3n) is 2.82. The normalized spacial score (nSPS) is 10.4. The molecule has 0 heterocycles. The van der Waals surface area contributed by atoms with Crippen LogP contribution in [0.15, 0.2) is 24.3 Å². The quantitative estimate of drug-likeness (QED) is 0.877. The third-order valence-corrected chi connectivity index (χ3v) is 3.19. The molecule has 0 saturated carbocycles. The number of halogens is 1. The zero-order valence-corrected chi connectivity index (χ0v) is 12.9. The van der Waals surface area contributed by atoms with Gasteiger partial charge in [0.25, 0.3) is 0 Å². The van der Waals surface area contributed by atoms with Crippen molar-refractivity contribution in [3.8, 4) is 0 Å². The second-order valence-corrected chi connectivity index (χ2v) is 5.41. The largest absolute Gasteiger partial charge is 0.354 e. The minimum Gasteiger partial charge on any atom is -0.354 e. The van der Waals surface area contributed by atoms with E-state index in [1.807, 2.05) is 32.0 Å². The van der Waals surface area contributed by atoms with Crippen LogP contribution < -0.4 is 5.32 Å². The van der Waals surface area contributed by atoms with Crippen molar-refractivity contribution in [2.24, 2.45) is 0 Å². The molecule has 0 atom stereocenters. The van der Waals surface area contributed by atoms with E-state index in [0.29, 0.717) is 24.5 Å². The molecular weight excluding hydrogens is 276 g/mol. The van der Waals surface area contributed by atoms with Crippen LogP contribution in [-0.4, -0.2) is 29.3 Å². The van der Waals surface area contributed by atoms with Gasteiger partial charge in [-0.3, -0.25) is 9.59 Å². The molecule has 2 amide bonds. The first kappa shape index (κ1) is 16.5. The van der Waals surface area contributed by atoms with Crippen LogP contribution in [0.2, 0.25) is 5.02 Å². The van der Waals surface area contributed by atoms with E-state index in [2.05, 4.69) is 5.32 Å². The van der Waals surface area contributed by atoms with Gasteiger partial charge in [-0.2, -0.15) is 0 Å². The Morgan fingerprint density at radius 3 is 2.50 bits per heavy atom. The summed E-state index contributed by atoms with van der Waals surface area (Å²) in [6.45, 7) is 6.12. The lowest BCUT2D eigenvalue weighted by atomic mass is 10.2. The van der Waals surface area contributed by atoms with Gasteiger partial charge in [-0.25, -0.2) is 0 Å². The molecule has 0 aliphatic heterocycles. The van der Waals surface area contributed by atoms with E-state index < -0.39 is 0 Å². The van der Waals surface area contributed by atoms with Gasteiger partial charge in [0.15, 0.2) is 0 Å². The summed E-state index contributed by atoms with van der Waals surface area (Å²) >= 11 is 6.09. The Balaban J connectivity index is 2.60. The summed E-state index contributed by atoms with van der Waals surface area (Å²) in [5, 5.41) is 3.44. The number of hydrogen-bond donors (Lipinski definition) is 1. The molecular formula is C15H21ClN2O2. The van der Waals surface area contributed by atoms with Crippen LogP contribution in [0, 0.1) is 0 Å². The van der Waals surface area contributed by atoms with E-state index in [1.165, 1.54) is 6.92 Å². The maximum absolute atomic E-state index is 11.6. The molecule has 0 spiro atoms. The van der Waals surface area contributed by atoms with Crippen molar-refractivity contribution in [3.05, 3.63) is 34.9 Å². The van der Waals surface area contributed by atoms with Crippen molar-refractivity contribution >= 4 is 23.4 Å². The highest BCUT2D eigenvalue weighted by Gasteiger charge is 2.13. The first-order valence-corrected chi connectivity index (χ1v) is 7.06. The van der Waals surface area contributed by atoms with Crippen LogP contribution in [0.3, 0.4) is 0 Å². The Labute approximate surface area is 125 Å². The average Bonchev–Trinajstić information content (AvgIpc) is 2.35. The van der Waals surface area contributed by atoms with Crippen LogP contribution in [-0.2, 0) is 16.1 Å². The summed E-state index contributed by atoms with van der Waals surface area (Å²) < 4.78 is 0. The van der Waals surface area contributed by atoms with Crippen LogP contribution in [0.4, 0.5) is 0 Å². The summed E-state index contributed by atoms with van der Waals surface area (Å²) in [5.41, 5.74) is 0.883. The molecule has 0 bridgehead atoms. The smallest absolute Gasteiger partial charge is 0.221 e. The highest BCUT2D eigenvalue weighted by Crippen LogP contribution is 2.17. The third kappa shape index (κ3) is 5.61. The summed E-state index contributed by atoms with van der Waals surface area (Å²) in [5.74, 6) is -0.118. The van der Waals surface area contributed by atoms with Gasteiger partial charge < -0.3 is 10.2 Å². The van der Waals surface area contributed by atoms with Crippen molar-refractivity contribution in [2.45, 2.75) is 39.8 Å². The number of hydrogen-bond acceptors (Lipinski definition) is 2. The van der Waals surface area contributed by atoms with Crippen molar-refractivity contribution in [1.29, 1.82) is 0 Å². The number of benzene rings is 1. The lowest BCUT2D eigenvalue weighted by Gasteiger charge is -2.21. The molecule has 4 nitrogen and oxygen atoms in total. The van der Waals surface area contributed by atoms with Crippen molar-refractivity contribution in [1.82, 2.24) is 10.2 Å². The Bertz CT molecular complexity index is 475. The monoisotopic (exact) mass is 296 g/mol. The van der Waals surface area contributed by atoms with Gasteiger partial charge in [0.1, 0.15) is 0 Å². The fourth-order valence-corrected chi connectivity index (χ4v) is 2.01. The second kappa shape index (κ2) is 7.90. The second-order valence-electron chi connectivity index (χ2n) is 5.00. The van der Waals surface area contributed by atoms with Crippen LogP contribution in [0.5, 0.6) is 0 Å². The maximum Gasteiger partial charge on any atom is 0.221 e. The van der Waals surface area contributed by atoms with Crippen LogP contribution in [0.1, 0.15) is 32.8 Å². The molecule has 110 valence electrons. The zero-order valence-electron chi connectivity index (χ0n) is 12.1. The fourth-order valence-electron chi connectivity index (χ4n) is 1.81. The number of carbonyl (C=O) groups is 2. The molecule has 1 rings (SSSR count). The molecule has 0 radical (unpaired) electrons. The van der Waals surface area contributed by atoms with Gasteiger partial charge in [-0.1, -0.05) is 29.8 Å². The summed E-state index contributed by atoms with van der Waals surface area (Å²) in [6.07, 6.45) is 0.294. The molecule has 0 aliphatic carbocycles. The SMILES string of the molecule is CC(=O)N(CCC(=O)NC(C)C)Cc1ccccc1Cl. The van der Waals surface area contributed by atoms with E-state index in [0.717, 1.165) is 5.56 Å².